The molecule has 11 nitrogen and oxygen atoms in total. The van der Waals surface area contributed by atoms with Gasteiger partial charge in [-0.3, -0.25) is 0 Å². The van der Waals surface area contributed by atoms with Crippen LogP contribution in [-0.4, -0.2) is 119 Å². The molecule has 0 amide bonds. The van der Waals surface area contributed by atoms with Crippen molar-refractivity contribution in [2.75, 3.05) is 0 Å². The first kappa shape index (κ1) is 25.6. The Kier molecular flexibility index (Phi) is 7.99. The summed E-state index contributed by atoms with van der Waals surface area (Å²) < 4.78 is 12.2. The van der Waals surface area contributed by atoms with E-state index in [0.717, 1.165) is 0 Å². The Hall–Kier alpha value is -0.440. The van der Waals surface area contributed by atoms with Gasteiger partial charge in [-0.05, 0) is 50.9 Å². The van der Waals surface area contributed by atoms with E-state index in [4.69, 9.17) is 9.47 Å². The zero-order valence-electron chi connectivity index (χ0n) is 18.5. The molecular formula is C22H38O11. The lowest BCUT2D eigenvalue weighted by molar-refractivity contribution is -0.273. The highest BCUT2D eigenvalue weighted by molar-refractivity contribution is 4.99. The van der Waals surface area contributed by atoms with Crippen molar-refractivity contribution < 1.29 is 55.4 Å². The predicted octanol–water partition coefficient (Wildman–Crippen LogP) is -3.04. The Morgan fingerprint density at radius 1 is 0.636 bits per heavy atom. The topological polar surface area (TPSA) is 201 Å². The monoisotopic (exact) mass is 478 g/mol. The van der Waals surface area contributed by atoms with Gasteiger partial charge in [0.2, 0.25) is 0 Å². The van der Waals surface area contributed by atoms with Crippen LogP contribution in [0.5, 0.6) is 0 Å². The lowest BCUT2D eigenvalue weighted by Gasteiger charge is -2.51. The molecule has 0 spiro atoms. The quantitative estimate of drug-likeness (QED) is 0.186. The molecule has 4 unspecified atom stereocenters. The van der Waals surface area contributed by atoms with Crippen LogP contribution in [0, 0.1) is 17.8 Å². The van der Waals surface area contributed by atoms with E-state index in [1.54, 1.807) is 0 Å². The average molecular weight is 479 g/mol. The third-order valence-corrected chi connectivity index (χ3v) is 8.13. The van der Waals surface area contributed by atoms with Gasteiger partial charge < -0.3 is 55.4 Å². The van der Waals surface area contributed by atoms with E-state index in [-0.39, 0.29) is 38.0 Å². The molecule has 192 valence electrons. The molecule has 1 saturated heterocycles. The van der Waals surface area contributed by atoms with Crippen molar-refractivity contribution in [1.29, 1.82) is 0 Å². The SMILES string of the molecule is OC1[C@H](O)CC([C@H](O)O[C@H]2C[C@@H]3[C@@H](O)C[C@@H](O)C[C@H]3O[C@@H]2C2C[C@@H](O)C(O)[C@@H](O)C2)C[C@@H]1O. The van der Waals surface area contributed by atoms with Crippen molar-refractivity contribution in [1.82, 2.24) is 0 Å². The standard InChI is InChI=1S/C22H38O11/c23-10-5-12(24)11-7-18(33-22(31)9-3-15(27)20(30)16(28)4-9)21(32-17(11)6-10)8-1-13(25)19(29)14(26)2-8/h8-31H,1-7H2/t8?,9?,10-,11-,12+,13-,14+,15-,16+,17-,18+,19?,20?,21-,22-/m1/s1. The zero-order valence-corrected chi connectivity index (χ0v) is 18.5. The van der Waals surface area contributed by atoms with Crippen LogP contribution in [0.2, 0.25) is 0 Å². The summed E-state index contributed by atoms with van der Waals surface area (Å²) in [7, 11) is 0. The molecule has 4 aliphatic rings. The molecule has 0 aromatic carbocycles. The minimum absolute atomic E-state index is 0.0333. The van der Waals surface area contributed by atoms with Gasteiger partial charge in [0.15, 0.2) is 6.29 Å². The number of hydrogen-bond acceptors (Lipinski definition) is 11. The van der Waals surface area contributed by atoms with Gasteiger partial charge in [-0.15, -0.1) is 0 Å². The first-order valence-electron chi connectivity index (χ1n) is 12.0. The minimum Gasteiger partial charge on any atom is -0.393 e. The summed E-state index contributed by atoms with van der Waals surface area (Å²) >= 11 is 0. The van der Waals surface area contributed by atoms with Gasteiger partial charge in [0, 0.05) is 11.8 Å². The van der Waals surface area contributed by atoms with Crippen molar-refractivity contribution >= 4 is 0 Å². The van der Waals surface area contributed by atoms with Gasteiger partial charge in [0.05, 0.1) is 54.9 Å². The number of aliphatic hydroxyl groups is 9. The molecule has 11 heteroatoms. The largest absolute Gasteiger partial charge is 0.393 e. The van der Waals surface area contributed by atoms with Gasteiger partial charge >= 0.3 is 0 Å². The van der Waals surface area contributed by atoms with Gasteiger partial charge in [-0.2, -0.15) is 0 Å². The van der Waals surface area contributed by atoms with Crippen LogP contribution >= 0.6 is 0 Å². The third kappa shape index (κ3) is 5.39. The highest BCUT2D eigenvalue weighted by Gasteiger charge is 2.51. The second kappa shape index (κ2) is 10.3. The number of ether oxygens (including phenoxy) is 2. The van der Waals surface area contributed by atoms with Crippen molar-refractivity contribution in [2.45, 2.75) is 118 Å². The van der Waals surface area contributed by atoms with Gasteiger partial charge in [0.25, 0.3) is 0 Å². The fraction of sp³-hybridized carbons (Fsp3) is 1.00. The summed E-state index contributed by atoms with van der Waals surface area (Å²) in [5.41, 5.74) is 0. The molecule has 15 atom stereocenters. The maximum atomic E-state index is 10.8. The summed E-state index contributed by atoms with van der Waals surface area (Å²) in [5, 5.41) is 91.5. The summed E-state index contributed by atoms with van der Waals surface area (Å²) in [6.45, 7) is 0. The Morgan fingerprint density at radius 2 is 1.18 bits per heavy atom. The Bertz CT molecular complexity index is 628. The van der Waals surface area contributed by atoms with Crippen molar-refractivity contribution in [3.63, 3.8) is 0 Å². The van der Waals surface area contributed by atoms with Gasteiger partial charge in [-0.1, -0.05) is 0 Å². The summed E-state index contributed by atoms with van der Waals surface area (Å²) in [6.07, 6.45) is -10.9. The molecule has 33 heavy (non-hydrogen) atoms. The lowest BCUT2D eigenvalue weighted by Crippen LogP contribution is -2.58. The molecule has 0 aromatic heterocycles. The van der Waals surface area contributed by atoms with E-state index < -0.39 is 85.3 Å². The molecule has 3 aliphatic carbocycles. The predicted molar refractivity (Wildman–Crippen MR) is 110 cm³/mol. The average Bonchev–Trinajstić information content (AvgIpc) is 2.75. The van der Waals surface area contributed by atoms with E-state index in [0.29, 0.717) is 12.8 Å². The van der Waals surface area contributed by atoms with Crippen molar-refractivity contribution in [3.05, 3.63) is 0 Å². The van der Waals surface area contributed by atoms with Crippen molar-refractivity contribution in [2.24, 2.45) is 17.8 Å². The molecule has 9 N–H and O–H groups in total. The second-order valence-corrected chi connectivity index (χ2v) is 10.5. The summed E-state index contributed by atoms with van der Waals surface area (Å²) in [5.74, 6) is -1.38. The second-order valence-electron chi connectivity index (χ2n) is 10.5. The van der Waals surface area contributed by atoms with Crippen LogP contribution < -0.4 is 0 Å². The number of aliphatic hydroxyl groups excluding tert-OH is 9. The fourth-order valence-corrected chi connectivity index (χ4v) is 6.24. The van der Waals surface area contributed by atoms with Crippen LogP contribution in [0.3, 0.4) is 0 Å². The summed E-state index contributed by atoms with van der Waals surface area (Å²) in [6, 6.07) is 0. The van der Waals surface area contributed by atoms with Crippen LogP contribution in [0.25, 0.3) is 0 Å². The van der Waals surface area contributed by atoms with Gasteiger partial charge in [0.1, 0.15) is 12.2 Å². The third-order valence-electron chi connectivity index (χ3n) is 8.13. The van der Waals surface area contributed by atoms with Crippen LogP contribution in [-0.2, 0) is 9.47 Å². The molecule has 1 heterocycles. The molecule has 1 aliphatic heterocycles. The maximum absolute atomic E-state index is 10.8. The molecule has 3 saturated carbocycles. The first-order valence-corrected chi connectivity index (χ1v) is 12.0. The molecule has 0 aromatic rings. The fourth-order valence-electron chi connectivity index (χ4n) is 6.24. The van der Waals surface area contributed by atoms with E-state index >= 15 is 0 Å². The smallest absolute Gasteiger partial charge is 0.158 e. The van der Waals surface area contributed by atoms with E-state index in [9.17, 15) is 46.0 Å². The molecule has 0 radical (unpaired) electrons. The number of fused-ring (bicyclic) bond motifs is 1. The van der Waals surface area contributed by atoms with Gasteiger partial charge in [-0.25, -0.2) is 0 Å². The van der Waals surface area contributed by atoms with E-state index in [1.807, 2.05) is 0 Å². The Balaban J connectivity index is 1.51. The Labute approximate surface area is 192 Å². The molecular weight excluding hydrogens is 440 g/mol. The number of rotatable bonds is 4. The minimum atomic E-state index is -1.38. The lowest BCUT2D eigenvalue weighted by atomic mass is 9.72. The normalized spacial score (nSPS) is 54.5. The van der Waals surface area contributed by atoms with Crippen LogP contribution in [0.15, 0.2) is 0 Å². The Morgan fingerprint density at radius 3 is 1.76 bits per heavy atom. The van der Waals surface area contributed by atoms with E-state index in [2.05, 4.69) is 0 Å². The first-order chi connectivity index (χ1) is 15.5. The highest BCUT2D eigenvalue weighted by Crippen LogP contribution is 2.43. The molecule has 0 bridgehead atoms. The van der Waals surface area contributed by atoms with Crippen LogP contribution in [0.4, 0.5) is 0 Å². The number of hydrogen-bond donors (Lipinski definition) is 9. The summed E-state index contributed by atoms with van der Waals surface area (Å²) in [4.78, 5) is 0. The van der Waals surface area contributed by atoms with Crippen molar-refractivity contribution in [3.8, 4) is 0 Å². The molecule has 4 fully saturated rings. The highest BCUT2D eigenvalue weighted by atomic mass is 16.6. The molecule has 4 rings (SSSR count). The zero-order chi connectivity index (χ0) is 24.0. The maximum Gasteiger partial charge on any atom is 0.158 e. The van der Waals surface area contributed by atoms with E-state index in [1.165, 1.54) is 0 Å². The van der Waals surface area contributed by atoms with Crippen LogP contribution in [0.1, 0.15) is 44.9 Å².